The molecule has 0 aliphatic heterocycles. The highest BCUT2D eigenvalue weighted by Crippen LogP contribution is 2.27. The summed E-state index contributed by atoms with van der Waals surface area (Å²) in [4.78, 5) is 26.1. The molecule has 3 rings (SSSR count). The van der Waals surface area contributed by atoms with E-state index in [4.69, 9.17) is 14.2 Å². The Morgan fingerprint density at radius 1 is 0.765 bits per heavy atom. The van der Waals surface area contributed by atoms with E-state index in [1.54, 1.807) is 0 Å². The van der Waals surface area contributed by atoms with Gasteiger partial charge in [0, 0.05) is 6.54 Å². The number of carbonyl (C=O) groups is 2. The van der Waals surface area contributed by atoms with E-state index in [1.807, 2.05) is 36.4 Å². The van der Waals surface area contributed by atoms with Gasteiger partial charge in [-0.15, -0.1) is 0 Å². The number of hydrogen-bond acceptors (Lipinski definition) is 6. The average Bonchev–Trinajstić information content (AvgIpc) is 2.88. The van der Waals surface area contributed by atoms with Crippen LogP contribution < -0.4 is 4.74 Å². The minimum atomic E-state index is -0.983. The number of hydrogen-bond donors (Lipinski definition) is 0. The van der Waals surface area contributed by atoms with E-state index in [0.29, 0.717) is 6.61 Å². The van der Waals surface area contributed by atoms with Crippen LogP contribution >= 0.6 is 0 Å². The second-order valence-corrected chi connectivity index (χ2v) is 8.00. The Morgan fingerprint density at radius 3 is 1.74 bits per heavy atom. The van der Waals surface area contributed by atoms with Crippen LogP contribution in [0.5, 0.6) is 5.75 Å². The number of ether oxygens (including phenoxy) is 3. The Hall–Kier alpha value is -3.64. The van der Waals surface area contributed by atoms with E-state index in [-0.39, 0.29) is 12.5 Å². The van der Waals surface area contributed by atoms with Crippen molar-refractivity contribution in [3.05, 3.63) is 102 Å². The molecule has 0 N–H and O–H groups in total. The largest absolute Gasteiger partial charge is 0.492 e. The second-order valence-electron chi connectivity index (χ2n) is 8.00. The van der Waals surface area contributed by atoms with Crippen molar-refractivity contribution in [1.82, 2.24) is 4.90 Å². The molecule has 0 aromatic heterocycles. The molecule has 0 aliphatic rings. The molecule has 0 radical (unpaired) electrons. The van der Waals surface area contributed by atoms with Crippen LogP contribution in [0.2, 0.25) is 0 Å². The highest BCUT2D eigenvalue weighted by Gasteiger charge is 2.28. The molecule has 0 atom stereocenters. The molecule has 0 fully saturated rings. The Morgan fingerprint density at radius 2 is 1.26 bits per heavy atom. The first-order valence-corrected chi connectivity index (χ1v) is 11.2. The summed E-state index contributed by atoms with van der Waals surface area (Å²) in [5, 5.41) is 0. The van der Waals surface area contributed by atoms with Gasteiger partial charge in [0.25, 0.3) is 0 Å². The van der Waals surface area contributed by atoms with Crippen molar-refractivity contribution in [3.8, 4) is 5.75 Å². The number of likely N-dealkylation sites (N-methyl/N-ethyl adjacent to an activating group) is 1. The topological polar surface area (TPSA) is 65.1 Å². The van der Waals surface area contributed by atoms with Crippen molar-refractivity contribution in [3.63, 3.8) is 0 Å². The molecule has 34 heavy (non-hydrogen) atoms. The molecule has 0 bridgehead atoms. The molecule has 178 valence electrons. The van der Waals surface area contributed by atoms with Gasteiger partial charge in [-0.25, -0.2) is 0 Å². The van der Waals surface area contributed by atoms with Gasteiger partial charge in [-0.05, 0) is 42.3 Å². The number of methoxy groups -OCH3 is 2. The first kappa shape index (κ1) is 25.0. The molecule has 0 unspecified atom stereocenters. The lowest BCUT2D eigenvalue weighted by Gasteiger charge is -2.29. The molecular formula is C28H31NO5. The maximum Gasteiger partial charge on any atom is 0.320 e. The van der Waals surface area contributed by atoms with Crippen molar-refractivity contribution >= 4 is 11.9 Å². The quantitative estimate of drug-likeness (QED) is 0.314. The van der Waals surface area contributed by atoms with Gasteiger partial charge in [0.05, 0.1) is 20.3 Å². The predicted octanol–water partition coefficient (Wildman–Crippen LogP) is 4.29. The molecule has 0 amide bonds. The van der Waals surface area contributed by atoms with Gasteiger partial charge in [-0.2, -0.15) is 0 Å². The Bertz CT molecular complexity index is 982. The molecule has 6 nitrogen and oxygen atoms in total. The number of carbonyl (C=O) groups excluding carboxylic acids is 2. The number of nitrogens with zero attached hydrogens (tertiary/aromatic N) is 1. The summed E-state index contributed by atoms with van der Waals surface area (Å²) in [5.74, 6) is -1.48. The third kappa shape index (κ3) is 6.68. The molecule has 0 saturated heterocycles. The molecule has 0 heterocycles. The fourth-order valence-electron chi connectivity index (χ4n) is 3.91. The van der Waals surface area contributed by atoms with Crippen LogP contribution in [0.4, 0.5) is 0 Å². The van der Waals surface area contributed by atoms with Crippen LogP contribution in [0.25, 0.3) is 0 Å². The van der Waals surface area contributed by atoms with E-state index < -0.39 is 17.9 Å². The zero-order valence-electron chi connectivity index (χ0n) is 19.8. The lowest BCUT2D eigenvalue weighted by atomic mass is 9.97. The van der Waals surface area contributed by atoms with Crippen LogP contribution in [-0.2, 0) is 25.5 Å². The van der Waals surface area contributed by atoms with Gasteiger partial charge in [-0.1, -0.05) is 72.8 Å². The average molecular weight is 462 g/mol. The van der Waals surface area contributed by atoms with Gasteiger partial charge in [0.2, 0.25) is 0 Å². The zero-order chi connectivity index (χ0) is 24.3. The lowest BCUT2D eigenvalue weighted by Crippen LogP contribution is -2.29. The third-order valence-electron chi connectivity index (χ3n) is 5.72. The monoisotopic (exact) mass is 461 g/mol. The van der Waals surface area contributed by atoms with Crippen molar-refractivity contribution < 1.29 is 23.8 Å². The Kier molecular flexibility index (Phi) is 9.23. The molecule has 3 aromatic carbocycles. The summed E-state index contributed by atoms with van der Waals surface area (Å²) in [7, 11) is 4.61. The van der Waals surface area contributed by atoms with Gasteiger partial charge in [-0.3, -0.25) is 14.5 Å². The summed E-state index contributed by atoms with van der Waals surface area (Å²) >= 11 is 0. The number of benzene rings is 3. The van der Waals surface area contributed by atoms with Crippen LogP contribution in [0.3, 0.4) is 0 Å². The zero-order valence-corrected chi connectivity index (χ0v) is 19.8. The van der Waals surface area contributed by atoms with Gasteiger partial charge in [0.15, 0.2) is 5.92 Å². The SMILES string of the molecule is COC(=O)C(Cc1ccc(OCCN(C)C(c2ccccc2)c2ccccc2)cc1)C(=O)OC. The standard InChI is InChI=1S/C28H31NO5/c1-29(26(22-10-6-4-7-11-22)23-12-8-5-9-13-23)18-19-34-24-16-14-21(15-17-24)20-25(27(30)32-2)28(31)33-3/h4-17,25-26H,18-20H2,1-3H3. The van der Waals surface area contributed by atoms with Crippen LogP contribution in [0.15, 0.2) is 84.9 Å². The highest BCUT2D eigenvalue weighted by molar-refractivity contribution is 5.95. The third-order valence-corrected chi connectivity index (χ3v) is 5.72. The minimum absolute atomic E-state index is 0.127. The van der Waals surface area contributed by atoms with E-state index in [9.17, 15) is 9.59 Å². The molecule has 6 heteroatoms. The second kappa shape index (κ2) is 12.6. The van der Waals surface area contributed by atoms with E-state index in [1.165, 1.54) is 25.3 Å². The minimum Gasteiger partial charge on any atom is -0.492 e. The predicted molar refractivity (Wildman–Crippen MR) is 131 cm³/mol. The van der Waals surface area contributed by atoms with Gasteiger partial charge < -0.3 is 14.2 Å². The number of esters is 2. The van der Waals surface area contributed by atoms with Gasteiger partial charge >= 0.3 is 11.9 Å². The summed E-state index contributed by atoms with van der Waals surface area (Å²) in [5.41, 5.74) is 3.27. The van der Waals surface area contributed by atoms with Crippen molar-refractivity contribution in [1.29, 1.82) is 0 Å². The fourth-order valence-corrected chi connectivity index (χ4v) is 3.91. The first-order chi connectivity index (χ1) is 16.5. The molecule has 0 aliphatic carbocycles. The Labute approximate surface area is 201 Å². The van der Waals surface area contributed by atoms with E-state index in [0.717, 1.165) is 17.9 Å². The fraction of sp³-hybridized carbons (Fsp3) is 0.286. The summed E-state index contributed by atoms with van der Waals surface area (Å²) in [6.45, 7) is 1.24. The lowest BCUT2D eigenvalue weighted by molar-refractivity contribution is -0.158. The normalized spacial score (nSPS) is 11.0. The maximum absolute atomic E-state index is 11.9. The van der Waals surface area contributed by atoms with Crippen molar-refractivity contribution in [2.24, 2.45) is 5.92 Å². The molecular weight excluding hydrogens is 430 g/mol. The van der Waals surface area contributed by atoms with E-state index >= 15 is 0 Å². The highest BCUT2D eigenvalue weighted by atomic mass is 16.5. The van der Waals surface area contributed by atoms with Crippen LogP contribution in [0.1, 0.15) is 22.7 Å². The number of rotatable bonds is 11. The summed E-state index contributed by atoms with van der Waals surface area (Å²) in [6.07, 6.45) is 0.207. The van der Waals surface area contributed by atoms with Crippen molar-refractivity contribution in [2.75, 3.05) is 34.4 Å². The van der Waals surface area contributed by atoms with Crippen LogP contribution in [0, 0.1) is 5.92 Å². The molecule has 0 saturated carbocycles. The summed E-state index contributed by atoms with van der Waals surface area (Å²) in [6, 6.07) is 28.3. The molecule has 3 aromatic rings. The Balaban J connectivity index is 1.60. The summed E-state index contributed by atoms with van der Waals surface area (Å²) < 4.78 is 15.4. The molecule has 0 spiro atoms. The van der Waals surface area contributed by atoms with Crippen molar-refractivity contribution in [2.45, 2.75) is 12.5 Å². The maximum atomic E-state index is 11.9. The van der Waals surface area contributed by atoms with E-state index in [2.05, 4.69) is 60.5 Å². The smallest absolute Gasteiger partial charge is 0.320 e. The first-order valence-electron chi connectivity index (χ1n) is 11.2. The van der Waals surface area contributed by atoms with Gasteiger partial charge in [0.1, 0.15) is 12.4 Å². The van der Waals surface area contributed by atoms with Crippen LogP contribution in [-0.4, -0.2) is 51.3 Å².